The van der Waals surface area contributed by atoms with Crippen LogP contribution in [-0.4, -0.2) is 12.5 Å². The number of hydrogen-bond acceptors (Lipinski definition) is 1. The first-order chi connectivity index (χ1) is 10.1. The van der Waals surface area contributed by atoms with Gasteiger partial charge in [-0.1, -0.05) is 41.9 Å². The molecule has 0 heterocycles. The number of nitrogens with one attached hydrogen (secondary N) is 1. The lowest BCUT2D eigenvalue weighted by molar-refractivity contribution is -0.659. The van der Waals surface area contributed by atoms with E-state index in [1.807, 2.05) is 61.6 Å². The van der Waals surface area contributed by atoms with Gasteiger partial charge in [0.25, 0.3) is 5.91 Å². The van der Waals surface area contributed by atoms with Crippen LogP contribution >= 0.6 is 11.6 Å². The minimum absolute atomic E-state index is 0.00873. The van der Waals surface area contributed by atoms with Crippen molar-refractivity contribution in [2.45, 2.75) is 20.4 Å². The maximum Gasteiger partial charge on any atom is 0.279 e. The van der Waals surface area contributed by atoms with Crippen molar-refractivity contribution in [2.24, 2.45) is 0 Å². The molecule has 0 unspecified atom stereocenters. The third kappa shape index (κ3) is 4.59. The van der Waals surface area contributed by atoms with Crippen molar-refractivity contribution in [1.82, 2.24) is 0 Å². The second-order valence-corrected chi connectivity index (χ2v) is 5.58. The van der Waals surface area contributed by atoms with Gasteiger partial charge < -0.3 is 10.6 Å². The van der Waals surface area contributed by atoms with Crippen LogP contribution in [0.3, 0.4) is 0 Å². The highest BCUT2D eigenvalue weighted by molar-refractivity contribution is 6.30. The van der Waals surface area contributed by atoms with Crippen LogP contribution in [0.25, 0.3) is 0 Å². The number of nitrogens with two attached hydrogens (primary N) is 1. The fraction of sp³-hybridized carbons (Fsp3) is 0.235. The summed E-state index contributed by atoms with van der Waals surface area (Å²) in [5, 5.41) is 5.67. The Balaban J connectivity index is 1.85. The van der Waals surface area contributed by atoms with Gasteiger partial charge in [0.15, 0.2) is 6.54 Å². The molecule has 0 saturated carbocycles. The quantitative estimate of drug-likeness (QED) is 0.876. The third-order valence-corrected chi connectivity index (χ3v) is 3.58. The van der Waals surface area contributed by atoms with E-state index in [9.17, 15) is 4.79 Å². The molecule has 0 atom stereocenters. The van der Waals surface area contributed by atoms with Crippen LogP contribution in [0.2, 0.25) is 5.02 Å². The number of carbonyl (C=O) groups is 1. The minimum Gasteiger partial charge on any atom is -0.335 e. The van der Waals surface area contributed by atoms with Gasteiger partial charge in [-0.2, -0.15) is 0 Å². The van der Waals surface area contributed by atoms with Gasteiger partial charge in [0.1, 0.15) is 6.54 Å². The highest BCUT2D eigenvalue weighted by Crippen LogP contribution is 2.18. The molecular formula is C17H20ClN2O+. The van der Waals surface area contributed by atoms with Crippen LogP contribution < -0.4 is 10.6 Å². The number of benzene rings is 2. The number of aryl methyl sites for hydroxylation is 2. The highest BCUT2D eigenvalue weighted by Gasteiger charge is 2.08. The van der Waals surface area contributed by atoms with Crippen molar-refractivity contribution in [2.75, 3.05) is 11.9 Å². The zero-order valence-corrected chi connectivity index (χ0v) is 13.1. The third-order valence-electron chi connectivity index (χ3n) is 3.34. The smallest absolute Gasteiger partial charge is 0.279 e. The van der Waals surface area contributed by atoms with Crippen LogP contribution in [0.15, 0.2) is 42.5 Å². The largest absolute Gasteiger partial charge is 0.335 e. The number of para-hydroxylation sites is 1. The summed E-state index contributed by atoms with van der Waals surface area (Å²) in [4.78, 5) is 12.0. The van der Waals surface area contributed by atoms with Crippen molar-refractivity contribution in [3.63, 3.8) is 0 Å². The Kier molecular flexibility index (Phi) is 5.37. The first kappa shape index (κ1) is 15.5. The van der Waals surface area contributed by atoms with Crippen LogP contribution in [0.4, 0.5) is 5.69 Å². The number of carbonyl (C=O) groups excluding carboxylic acids is 1. The van der Waals surface area contributed by atoms with Crippen molar-refractivity contribution >= 4 is 23.2 Å². The van der Waals surface area contributed by atoms with Crippen molar-refractivity contribution < 1.29 is 10.1 Å². The first-order valence-corrected chi connectivity index (χ1v) is 7.36. The molecule has 2 aromatic carbocycles. The van der Waals surface area contributed by atoms with Gasteiger partial charge in [0.05, 0.1) is 0 Å². The zero-order chi connectivity index (χ0) is 15.2. The molecule has 0 saturated heterocycles. The van der Waals surface area contributed by atoms with Gasteiger partial charge in [0.2, 0.25) is 0 Å². The van der Waals surface area contributed by atoms with E-state index in [4.69, 9.17) is 11.6 Å². The number of hydrogen-bond donors (Lipinski definition) is 2. The fourth-order valence-corrected chi connectivity index (χ4v) is 2.45. The monoisotopic (exact) mass is 303 g/mol. The van der Waals surface area contributed by atoms with Crippen LogP contribution in [0.1, 0.15) is 16.7 Å². The molecule has 0 aliphatic rings. The summed E-state index contributed by atoms with van der Waals surface area (Å²) in [6, 6.07) is 13.7. The molecule has 0 aromatic heterocycles. The molecule has 0 bridgehead atoms. The van der Waals surface area contributed by atoms with Crippen molar-refractivity contribution in [3.8, 4) is 0 Å². The maximum atomic E-state index is 12.0. The number of amides is 1. The summed E-state index contributed by atoms with van der Waals surface area (Å²) >= 11 is 5.94. The Hall–Kier alpha value is -1.84. The second-order valence-electron chi connectivity index (χ2n) is 5.14. The summed E-state index contributed by atoms with van der Waals surface area (Å²) < 4.78 is 0. The molecule has 0 radical (unpaired) electrons. The van der Waals surface area contributed by atoms with E-state index in [-0.39, 0.29) is 5.91 Å². The number of rotatable bonds is 5. The van der Waals surface area contributed by atoms with E-state index in [0.29, 0.717) is 6.54 Å². The Morgan fingerprint density at radius 1 is 1.14 bits per heavy atom. The average Bonchev–Trinajstić information content (AvgIpc) is 2.43. The van der Waals surface area contributed by atoms with E-state index in [0.717, 1.165) is 33.9 Å². The van der Waals surface area contributed by atoms with E-state index in [2.05, 4.69) is 5.32 Å². The van der Waals surface area contributed by atoms with Crippen LogP contribution in [0, 0.1) is 13.8 Å². The van der Waals surface area contributed by atoms with Crippen molar-refractivity contribution in [1.29, 1.82) is 0 Å². The van der Waals surface area contributed by atoms with Gasteiger partial charge in [-0.05, 0) is 37.1 Å². The predicted molar refractivity (Wildman–Crippen MR) is 86.5 cm³/mol. The van der Waals surface area contributed by atoms with Crippen LogP contribution in [0.5, 0.6) is 0 Å². The molecule has 0 spiro atoms. The highest BCUT2D eigenvalue weighted by atomic mass is 35.5. The number of halogens is 1. The lowest BCUT2D eigenvalue weighted by Gasteiger charge is -2.10. The normalized spacial score (nSPS) is 10.4. The molecule has 21 heavy (non-hydrogen) atoms. The Labute approximate surface area is 130 Å². The molecule has 1 amide bonds. The summed E-state index contributed by atoms with van der Waals surface area (Å²) in [6.07, 6.45) is 0. The zero-order valence-electron chi connectivity index (χ0n) is 12.3. The fourth-order valence-electron chi connectivity index (χ4n) is 2.24. The lowest BCUT2D eigenvalue weighted by atomic mass is 10.1. The summed E-state index contributed by atoms with van der Waals surface area (Å²) in [7, 11) is 0. The SMILES string of the molecule is Cc1cccc(C)c1NC(=O)C[NH2+]Cc1cccc(Cl)c1. The second kappa shape index (κ2) is 7.25. The molecule has 4 heteroatoms. The average molecular weight is 304 g/mol. The van der Waals surface area contributed by atoms with E-state index in [1.54, 1.807) is 0 Å². The minimum atomic E-state index is 0.00873. The lowest BCUT2D eigenvalue weighted by Crippen LogP contribution is -2.84. The summed E-state index contributed by atoms with van der Waals surface area (Å²) in [6.45, 7) is 5.12. The first-order valence-electron chi connectivity index (χ1n) is 6.98. The van der Waals surface area contributed by atoms with Gasteiger partial charge in [-0.25, -0.2) is 0 Å². The molecule has 2 rings (SSSR count). The molecule has 0 fully saturated rings. The van der Waals surface area contributed by atoms with Gasteiger partial charge in [-0.15, -0.1) is 0 Å². The molecule has 0 aliphatic carbocycles. The van der Waals surface area contributed by atoms with Crippen molar-refractivity contribution in [3.05, 3.63) is 64.2 Å². The number of anilines is 1. The Morgan fingerprint density at radius 2 is 1.81 bits per heavy atom. The van der Waals surface area contributed by atoms with Gasteiger partial charge >= 0.3 is 0 Å². The summed E-state index contributed by atoms with van der Waals surface area (Å²) in [5.74, 6) is 0.00873. The topological polar surface area (TPSA) is 45.7 Å². The van der Waals surface area contributed by atoms with Gasteiger partial charge in [0, 0.05) is 16.3 Å². The van der Waals surface area contributed by atoms with E-state index < -0.39 is 0 Å². The van der Waals surface area contributed by atoms with Crippen LogP contribution in [-0.2, 0) is 11.3 Å². The van der Waals surface area contributed by atoms with E-state index in [1.165, 1.54) is 0 Å². The standard InChI is InChI=1S/C17H19ClN2O/c1-12-5-3-6-13(2)17(12)20-16(21)11-19-10-14-7-4-8-15(18)9-14/h3-9,19H,10-11H2,1-2H3,(H,20,21)/p+1. The predicted octanol–water partition coefficient (Wildman–Crippen LogP) is 2.66. The molecular weight excluding hydrogens is 284 g/mol. The molecule has 3 N–H and O–H groups in total. The molecule has 3 nitrogen and oxygen atoms in total. The number of quaternary nitrogens is 1. The molecule has 2 aromatic rings. The Bertz CT molecular complexity index is 620. The Morgan fingerprint density at radius 3 is 2.48 bits per heavy atom. The van der Waals surface area contributed by atoms with Gasteiger partial charge in [-0.3, -0.25) is 4.79 Å². The maximum absolute atomic E-state index is 12.0. The molecule has 0 aliphatic heterocycles. The molecule has 110 valence electrons. The van der Waals surface area contributed by atoms with E-state index >= 15 is 0 Å². The summed E-state index contributed by atoms with van der Waals surface area (Å²) in [5.41, 5.74) is 4.19.